The third kappa shape index (κ3) is 1.38. The molecule has 2 aliphatic carbocycles. The Morgan fingerprint density at radius 1 is 0.762 bits per heavy atom. The molecule has 0 aliphatic heterocycles. The highest BCUT2D eigenvalue weighted by molar-refractivity contribution is 5.87. The van der Waals surface area contributed by atoms with Gasteiger partial charge in [0.25, 0.3) is 0 Å². The highest BCUT2D eigenvalue weighted by Gasteiger charge is 2.38. The van der Waals surface area contributed by atoms with Crippen LogP contribution in [0.2, 0.25) is 0 Å². The lowest BCUT2D eigenvalue weighted by atomic mass is 9.99. The fraction of sp³-hybridized carbons (Fsp3) is 0.150. The minimum Gasteiger partial charge on any atom is -0.212 e. The molecule has 2 aliphatic rings. The molecule has 1 aromatic heterocycles. The van der Waals surface area contributed by atoms with Crippen molar-refractivity contribution in [3.05, 3.63) is 76.5 Å². The van der Waals surface area contributed by atoms with Gasteiger partial charge in [0, 0.05) is 18.4 Å². The summed E-state index contributed by atoms with van der Waals surface area (Å²) in [7, 11) is 0. The second kappa shape index (κ2) is 3.82. The lowest BCUT2D eigenvalue weighted by Gasteiger charge is -2.03. The van der Waals surface area contributed by atoms with Gasteiger partial charge >= 0.3 is 11.5 Å². The van der Waals surface area contributed by atoms with Gasteiger partial charge in [-0.3, -0.25) is 0 Å². The Morgan fingerprint density at radius 3 is 2.19 bits per heavy atom. The second-order valence-electron chi connectivity index (χ2n) is 5.99. The lowest BCUT2D eigenvalue weighted by Crippen LogP contribution is -1.92. The van der Waals surface area contributed by atoms with Gasteiger partial charge < -0.3 is 0 Å². The predicted octanol–water partition coefficient (Wildman–Crippen LogP) is 5.01. The van der Waals surface area contributed by atoms with E-state index in [0.29, 0.717) is 0 Å². The van der Waals surface area contributed by atoms with E-state index in [4.69, 9.17) is 4.42 Å². The van der Waals surface area contributed by atoms with E-state index in [0.717, 1.165) is 24.4 Å². The van der Waals surface area contributed by atoms with Gasteiger partial charge in [-0.15, -0.1) is 0 Å². The topological polar surface area (TPSA) is 11.3 Å². The first-order chi connectivity index (χ1) is 10.3. The van der Waals surface area contributed by atoms with Crippen molar-refractivity contribution >= 4 is 0 Å². The monoisotopic (exact) mass is 271 g/mol. The third-order valence-electron chi connectivity index (χ3n) is 4.84. The molecule has 3 aromatic rings. The van der Waals surface area contributed by atoms with Crippen molar-refractivity contribution in [1.82, 2.24) is 0 Å². The van der Waals surface area contributed by atoms with Gasteiger partial charge in [-0.1, -0.05) is 42.5 Å². The smallest absolute Gasteiger partial charge is 0.212 e. The zero-order valence-electron chi connectivity index (χ0n) is 11.9. The van der Waals surface area contributed by atoms with Crippen molar-refractivity contribution in [2.75, 3.05) is 0 Å². The normalized spacial score (nSPS) is 13.6. The first-order valence-electron chi connectivity index (χ1n) is 7.48. The molecule has 2 aromatic carbocycles. The summed E-state index contributed by atoms with van der Waals surface area (Å²) < 4.78 is 6.22. The van der Waals surface area contributed by atoms with Crippen molar-refractivity contribution in [1.29, 1.82) is 0 Å². The molecule has 5 rings (SSSR count). The van der Waals surface area contributed by atoms with Crippen molar-refractivity contribution in [2.45, 2.75) is 19.8 Å². The Bertz CT molecular complexity index is 906. The van der Waals surface area contributed by atoms with Crippen LogP contribution in [0.25, 0.3) is 22.5 Å². The first kappa shape index (κ1) is 11.3. The highest BCUT2D eigenvalue weighted by atomic mass is 16.3. The van der Waals surface area contributed by atoms with Crippen LogP contribution in [0.4, 0.5) is 0 Å². The van der Waals surface area contributed by atoms with Gasteiger partial charge in [0.05, 0.1) is 23.6 Å². The molecule has 0 saturated carbocycles. The maximum atomic E-state index is 6.22. The van der Waals surface area contributed by atoms with Crippen LogP contribution in [-0.4, -0.2) is 0 Å². The molecule has 1 heterocycles. The van der Waals surface area contributed by atoms with E-state index >= 15 is 0 Å². The van der Waals surface area contributed by atoms with Crippen LogP contribution in [0.3, 0.4) is 0 Å². The average molecular weight is 271 g/mol. The lowest BCUT2D eigenvalue weighted by molar-refractivity contribution is 0.524. The Labute approximate surface area is 123 Å². The largest absolute Gasteiger partial charge is 0.364 e. The van der Waals surface area contributed by atoms with E-state index < -0.39 is 0 Å². The molecular formula is C20H15O+. The molecule has 0 atom stereocenters. The SMILES string of the molecule is Cc1[o+]c2c(c3c1Cc1ccccc1-3)Cc1ccccc1-2. The molecular weight excluding hydrogens is 256 g/mol. The summed E-state index contributed by atoms with van der Waals surface area (Å²) in [6.45, 7) is 2.10. The fourth-order valence-corrected chi connectivity index (χ4v) is 3.87. The van der Waals surface area contributed by atoms with Crippen molar-refractivity contribution < 1.29 is 4.42 Å². The maximum Gasteiger partial charge on any atom is 0.364 e. The summed E-state index contributed by atoms with van der Waals surface area (Å²) in [5.74, 6) is 2.15. The molecule has 0 unspecified atom stereocenters. The van der Waals surface area contributed by atoms with E-state index in [2.05, 4.69) is 55.5 Å². The number of rotatable bonds is 0. The summed E-state index contributed by atoms with van der Waals surface area (Å²) in [5, 5.41) is 0. The molecule has 0 radical (unpaired) electrons. The van der Waals surface area contributed by atoms with Gasteiger partial charge in [0.2, 0.25) is 0 Å². The number of benzene rings is 2. The van der Waals surface area contributed by atoms with Crippen molar-refractivity contribution in [3.63, 3.8) is 0 Å². The van der Waals surface area contributed by atoms with E-state index in [9.17, 15) is 0 Å². The predicted molar refractivity (Wildman–Crippen MR) is 84.3 cm³/mol. The highest BCUT2D eigenvalue weighted by Crippen LogP contribution is 2.48. The molecule has 0 amide bonds. The molecule has 1 nitrogen and oxygen atoms in total. The van der Waals surface area contributed by atoms with Crippen LogP contribution < -0.4 is 0 Å². The zero-order valence-corrected chi connectivity index (χ0v) is 11.9. The Morgan fingerprint density at radius 2 is 1.38 bits per heavy atom. The van der Waals surface area contributed by atoms with Crippen LogP contribution >= 0.6 is 0 Å². The Kier molecular flexibility index (Phi) is 2.05. The number of aryl methyl sites for hydroxylation is 1. The average Bonchev–Trinajstić information content (AvgIpc) is 3.06. The van der Waals surface area contributed by atoms with Crippen LogP contribution in [-0.2, 0) is 12.8 Å². The summed E-state index contributed by atoms with van der Waals surface area (Å²) in [4.78, 5) is 0. The maximum absolute atomic E-state index is 6.22. The van der Waals surface area contributed by atoms with E-state index in [-0.39, 0.29) is 0 Å². The van der Waals surface area contributed by atoms with E-state index in [1.54, 1.807) is 0 Å². The molecule has 100 valence electrons. The van der Waals surface area contributed by atoms with Crippen LogP contribution in [0, 0.1) is 6.92 Å². The fourth-order valence-electron chi connectivity index (χ4n) is 3.87. The summed E-state index contributed by atoms with van der Waals surface area (Å²) in [6.07, 6.45) is 2.00. The Balaban J connectivity index is 1.87. The molecule has 1 heteroatoms. The molecule has 0 fully saturated rings. The third-order valence-corrected chi connectivity index (χ3v) is 4.84. The van der Waals surface area contributed by atoms with Crippen LogP contribution in [0.1, 0.15) is 28.0 Å². The molecule has 0 bridgehead atoms. The van der Waals surface area contributed by atoms with Gasteiger partial charge in [-0.2, -0.15) is 0 Å². The summed E-state index contributed by atoms with van der Waals surface area (Å²) >= 11 is 0. The number of hydrogen-bond donors (Lipinski definition) is 0. The van der Waals surface area contributed by atoms with Gasteiger partial charge in [0.15, 0.2) is 0 Å². The van der Waals surface area contributed by atoms with Crippen LogP contribution in [0.15, 0.2) is 52.9 Å². The minimum absolute atomic E-state index is 0.992. The zero-order chi connectivity index (χ0) is 14.0. The van der Waals surface area contributed by atoms with Crippen LogP contribution in [0.5, 0.6) is 0 Å². The minimum atomic E-state index is 0.992. The standard InChI is InChI=1S/C20H15O/c1-12-17-10-13-6-2-4-8-15(13)19(17)18-11-14-7-3-5-9-16(14)20(18)21-12/h2-9H,10-11H2,1H3/q+1. The van der Waals surface area contributed by atoms with Gasteiger partial charge in [0.1, 0.15) is 0 Å². The summed E-state index contributed by atoms with van der Waals surface area (Å²) in [6, 6.07) is 17.4. The molecule has 21 heavy (non-hydrogen) atoms. The Hall–Kier alpha value is -2.41. The molecule has 0 spiro atoms. The van der Waals surface area contributed by atoms with Crippen molar-refractivity contribution in [2.24, 2.45) is 0 Å². The first-order valence-corrected chi connectivity index (χ1v) is 7.48. The molecule has 0 N–H and O–H groups in total. The van der Waals surface area contributed by atoms with Crippen molar-refractivity contribution in [3.8, 4) is 22.5 Å². The summed E-state index contributed by atoms with van der Waals surface area (Å²) in [5.41, 5.74) is 9.66. The second-order valence-corrected chi connectivity index (χ2v) is 5.99. The van der Waals surface area contributed by atoms with Gasteiger partial charge in [-0.25, -0.2) is 4.42 Å². The van der Waals surface area contributed by atoms with E-state index in [1.807, 2.05) is 0 Å². The van der Waals surface area contributed by atoms with Gasteiger partial charge in [-0.05, 0) is 22.8 Å². The molecule has 0 saturated heterocycles. The van der Waals surface area contributed by atoms with E-state index in [1.165, 1.54) is 38.9 Å². The number of fused-ring (bicyclic) bond motifs is 7. The quantitative estimate of drug-likeness (QED) is 0.360. The number of hydrogen-bond acceptors (Lipinski definition) is 0.